The van der Waals surface area contributed by atoms with E-state index in [0.29, 0.717) is 11.9 Å². The quantitative estimate of drug-likeness (QED) is 0.516. The number of benzene rings is 2. The highest BCUT2D eigenvalue weighted by Gasteiger charge is 2.13. The Morgan fingerprint density at radius 3 is 2.32 bits per heavy atom. The first-order chi connectivity index (χ1) is 12.1. The Morgan fingerprint density at radius 1 is 1.04 bits per heavy atom. The molecule has 2 aromatic carbocycles. The molecule has 0 fully saturated rings. The van der Waals surface area contributed by atoms with Crippen LogP contribution in [0.3, 0.4) is 0 Å². The average Bonchev–Trinajstić information content (AvgIpc) is 3.06. The number of hydrogen-bond acceptors (Lipinski definition) is 3. The molecule has 4 nitrogen and oxygen atoms in total. The number of aromatic nitrogens is 2. The second-order valence-electron chi connectivity index (χ2n) is 5.50. The fourth-order valence-electron chi connectivity index (χ4n) is 2.63. The van der Waals surface area contributed by atoms with Gasteiger partial charge in [-0.1, -0.05) is 45.7 Å². The van der Waals surface area contributed by atoms with Gasteiger partial charge in [-0.15, -0.1) is 0 Å². The molecule has 0 aliphatic rings. The number of alkyl halides is 1. The van der Waals surface area contributed by atoms with Gasteiger partial charge in [0.05, 0.1) is 32.2 Å². The third kappa shape index (κ3) is 3.99. The fourth-order valence-corrected chi connectivity index (χ4v) is 3.10. The molecule has 0 aliphatic heterocycles. The van der Waals surface area contributed by atoms with Crippen molar-refractivity contribution in [2.24, 2.45) is 0 Å². The van der Waals surface area contributed by atoms with Crippen LogP contribution in [0.25, 0.3) is 11.3 Å². The van der Waals surface area contributed by atoms with Crippen molar-refractivity contribution in [3.63, 3.8) is 0 Å². The zero-order valence-electron chi connectivity index (χ0n) is 14.0. The molecule has 0 N–H and O–H groups in total. The highest BCUT2D eigenvalue weighted by molar-refractivity contribution is 9.08. The van der Waals surface area contributed by atoms with Crippen LogP contribution in [0.4, 0.5) is 0 Å². The first kappa shape index (κ1) is 17.8. The van der Waals surface area contributed by atoms with Crippen molar-refractivity contribution < 1.29 is 9.47 Å². The number of ether oxygens (including phenoxy) is 2. The molecule has 0 saturated carbocycles. The topological polar surface area (TPSA) is 36.3 Å². The minimum atomic E-state index is 0.585. The molecular formula is C19H18BrClN2O2. The molecule has 6 heteroatoms. The second-order valence-corrected chi connectivity index (χ2v) is 6.47. The van der Waals surface area contributed by atoms with Gasteiger partial charge in [0.1, 0.15) is 11.5 Å². The minimum Gasteiger partial charge on any atom is -0.497 e. The molecule has 3 aromatic rings. The summed E-state index contributed by atoms with van der Waals surface area (Å²) in [7, 11) is 3.28. The van der Waals surface area contributed by atoms with E-state index in [-0.39, 0.29) is 0 Å². The third-order valence-electron chi connectivity index (χ3n) is 3.89. The van der Waals surface area contributed by atoms with Crippen LogP contribution < -0.4 is 9.47 Å². The van der Waals surface area contributed by atoms with Gasteiger partial charge >= 0.3 is 0 Å². The predicted molar refractivity (Wildman–Crippen MR) is 104 cm³/mol. The third-order valence-corrected chi connectivity index (χ3v) is 4.84. The molecule has 0 atom stereocenters. The zero-order chi connectivity index (χ0) is 17.8. The van der Waals surface area contributed by atoms with E-state index in [2.05, 4.69) is 27.1 Å². The molecule has 0 bridgehead atoms. The van der Waals surface area contributed by atoms with Crippen molar-refractivity contribution in [2.75, 3.05) is 14.2 Å². The Balaban J connectivity index is 2.07. The van der Waals surface area contributed by atoms with Crippen LogP contribution in [0.15, 0.2) is 48.5 Å². The summed E-state index contributed by atoms with van der Waals surface area (Å²) >= 11 is 9.80. The van der Waals surface area contributed by atoms with Crippen LogP contribution in [0.5, 0.6) is 11.5 Å². The first-order valence-corrected chi connectivity index (χ1v) is 9.24. The summed E-state index contributed by atoms with van der Waals surface area (Å²) in [6, 6.07) is 15.6. The molecule has 1 aromatic heterocycles. The number of halogens is 2. The van der Waals surface area contributed by atoms with E-state index in [1.807, 2.05) is 47.1 Å². The largest absolute Gasteiger partial charge is 0.497 e. The number of hydrogen-bond donors (Lipinski definition) is 0. The van der Waals surface area contributed by atoms with Crippen molar-refractivity contribution in [1.82, 2.24) is 9.78 Å². The molecule has 0 saturated heterocycles. The van der Waals surface area contributed by atoms with E-state index in [9.17, 15) is 0 Å². The normalized spacial score (nSPS) is 10.7. The van der Waals surface area contributed by atoms with Crippen molar-refractivity contribution >= 4 is 27.5 Å². The maximum atomic E-state index is 6.32. The van der Waals surface area contributed by atoms with Gasteiger partial charge in [-0.25, -0.2) is 0 Å². The van der Waals surface area contributed by atoms with Crippen molar-refractivity contribution in [3.05, 3.63) is 64.8 Å². The summed E-state index contributed by atoms with van der Waals surface area (Å²) in [5, 5.41) is 6.09. The molecule has 25 heavy (non-hydrogen) atoms. The smallest absolute Gasteiger partial charge is 0.123 e. The summed E-state index contributed by atoms with van der Waals surface area (Å²) < 4.78 is 12.7. The van der Waals surface area contributed by atoms with Gasteiger partial charge < -0.3 is 9.47 Å². The van der Waals surface area contributed by atoms with Crippen molar-refractivity contribution in [3.8, 4) is 22.8 Å². The maximum absolute atomic E-state index is 6.32. The molecular weight excluding hydrogens is 404 g/mol. The zero-order valence-corrected chi connectivity index (χ0v) is 16.3. The molecule has 0 amide bonds. The SMILES string of the molecule is COc1cc(OC)cc(-c2cc(CBr)nn2Cc2ccccc2Cl)c1. The second kappa shape index (κ2) is 7.93. The summed E-state index contributed by atoms with van der Waals surface area (Å²) in [6.07, 6.45) is 0. The first-order valence-electron chi connectivity index (χ1n) is 7.74. The number of rotatable bonds is 6. The standard InChI is InChI=1S/C19H18BrClN2O2/c1-24-16-7-14(8-17(10-16)25-2)19-9-15(11-20)22-23(19)12-13-5-3-4-6-18(13)21/h3-10H,11-12H2,1-2H3. The van der Waals surface area contributed by atoms with Crippen molar-refractivity contribution in [2.45, 2.75) is 11.9 Å². The van der Waals surface area contributed by atoms with E-state index in [4.69, 9.17) is 21.1 Å². The minimum absolute atomic E-state index is 0.585. The molecule has 0 radical (unpaired) electrons. The number of methoxy groups -OCH3 is 2. The average molecular weight is 422 g/mol. The lowest BCUT2D eigenvalue weighted by molar-refractivity contribution is 0.394. The Kier molecular flexibility index (Phi) is 5.66. The predicted octanol–water partition coefficient (Wildman–Crippen LogP) is 5.16. The Hall–Kier alpha value is -1.98. The van der Waals surface area contributed by atoms with Crippen LogP contribution in [0.2, 0.25) is 5.02 Å². The molecule has 0 spiro atoms. The molecule has 0 unspecified atom stereocenters. The van der Waals surface area contributed by atoms with E-state index >= 15 is 0 Å². The molecule has 1 heterocycles. The lowest BCUT2D eigenvalue weighted by Gasteiger charge is -2.11. The lowest BCUT2D eigenvalue weighted by atomic mass is 10.1. The van der Waals surface area contributed by atoms with Crippen LogP contribution >= 0.6 is 27.5 Å². The molecule has 3 rings (SSSR count). The van der Waals surface area contributed by atoms with Gasteiger partial charge in [-0.05, 0) is 29.8 Å². The molecule has 0 aliphatic carbocycles. The Morgan fingerprint density at radius 2 is 1.72 bits per heavy atom. The molecule has 130 valence electrons. The van der Waals surface area contributed by atoms with Crippen molar-refractivity contribution in [1.29, 1.82) is 0 Å². The van der Waals surface area contributed by atoms with Gasteiger partial charge in [0.15, 0.2) is 0 Å². The maximum Gasteiger partial charge on any atom is 0.123 e. The van der Waals surface area contributed by atoms with Crippen LogP contribution in [-0.2, 0) is 11.9 Å². The van der Waals surface area contributed by atoms with Crippen LogP contribution in [0, 0.1) is 0 Å². The monoisotopic (exact) mass is 420 g/mol. The van der Waals surface area contributed by atoms with E-state index in [1.54, 1.807) is 14.2 Å². The Labute approximate surface area is 160 Å². The lowest BCUT2D eigenvalue weighted by Crippen LogP contribution is -2.05. The summed E-state index contributed by atoms with van der Waals surface area (Å²) in [4.78, 5) is 0. The van der Waals surface area contributed by atoms with E-state index < -0.39 is 0 Å². The summed E-state index contributed by atoms with van der Waals surface area (Å²) in [6.45, 7) is 0.585. The highest BCUT2D eigenvalue weighted by Crippen LogP contribution is 2.31. The van der Waals surface area contributed by atoms with Crippen LogP contribution in [0.1, 0.15) is 11.3 Å². The van der Waals surface area contributed by atoms with Gasteiger partial charge in [-0.3, -0.25) is 4.68 Å². The van der Waals surface area contributed by atoms with E-state index in [1.165, 1.54) is 0 Å². The summed E-state index contributed by atoms with van der Waals surface area (Å²) in [5.74, 6) is 1.47. The van der Waals surface area contributed by atoms with E-state index in [0.717, 1.165) is 39.0 Å². The van der Waals surface area contributed by atoms with Crippen LogP contribution in [-0.4, -0.2) is 24.0 Å². The van der Waals surface area contributed by atoms with Gasteiger partial charge in [0, 0.05) is 22.0 Å². The van der Waals surface area contributed by atoms with Gasteiger partial charge in [-0.2, -0.15) is 5.10 Å². The Bertz CT molecular complexity index is 857. The highest BCUT2D eigenvalue weighted by atomic mass is 79.9. The van der Waals surface area contributed by atoms with Gasteiger partial charge in [0.25, 0.3) is 0 Å². The fraction of sp³-hybridized carbons (Fsp3) is 0.211. The summed E-state index contributed by atoms with van der Waals surface area (Å²) in [5.41, 5.74) is 3.92. The van der Waals surface area contributed by atoms with Gasteiger partial charge in [0.2, 0.25) is 0 Å². The number of nitrogens with zero attached hydrogens (tertiary/aromatic N) is 2.